The number of urea groups is 1. The number of carboxylic acids is 1. The third-order valence-corrected chi connectivity index (χ3v) is 2.71. The topological polar surface area (TPSA) is 89.9 Å². The van der Waals surface area contributed by atoms with Crippen LogP contribution in [0.1, 0.15) is 19.8 Å². The predicted molar refractivity (Wildman–Crippen MR) is 71.4 cm³/mol. The number of aliphatic carboxylic acids is 1. The molecule has 0 saturated heterocycles. The first-order valence-electron chi connectivity index (χ1n) is 6.01. The molecule has 6 nitrogen and oxygen atoms in total. The fraction of sp³-hybridized carbons (Fsp3) is 0.385. The minimum absolute atomic E-state index is 0.104. The molecule has 0 radical (unpaired) electrons. The Morgan fingerprint density at radius 1 is 1.32 bits per heavy atom. The number of hydrogen-bond acceptors (Lipinski definition) is 3. The fourth-order valence-corrected chi connectivity index (χ4v) is 1.59. The zero-order chi connectivity index (χ0) is 14.4. The van der Waals surface area contributed by atoms with Crippen molar-refractivity contribution in [2.75, 3.05) is 11.9 Å². The normalized spacial score (nSPS) is 11.7. The molecule has 1 aromatic carbocycles. The summed E-state index contributed by atoms with van der Waals surface area (Å²) in [4.78, 5) is 24.2. The highest BCUT2D eigenvalue weighted by molar-refractivity contribution is 5.94. The third-order valence-electron chi connectivity index (χ3n) is 2.71. The number of nitrogens with one attached hydrogen (secondary N) is 1. The van der Waals surface area contributed by atoms with Gasteiger partial charge in [0.05, 0.1) is 0 Å². The maximum atomic E-state index is 11.9. The first-order valence-corrected chi connectivity index (χ1v) is 6.01. The van der Waals surface area contributed by atoms with Crippen molar-refractivity contribution >= 4 is 17.7 Å². The van der Waals surface area contributed by atoms with E-state index in [0.717, 1.165) is 0 Å². The molecule has 1 aromatic rings. The van der Waals surface area contributed by atoms with E-state index in [2.05, 4.69) is 5.32 Å². The smallest absolute Gasteiger partial charge is 0.326 e. The average molecular weight is 266 g/mol. The maximum absolute atomic E-state index is 11.9. The molecule has 0 saturated carbocycles. The summed E-state index contributed by atoms with van der Waals surface area (Å²) in [7, 11) is 1.53. The monoisotopic (exact) mass is 266 g/mol. The summed E-state index contributed by atoms with van der Waals surface area (Å²) in [5, 5.41) is 20.6. The average Bonchev–Trinajstić information content (AvgIpc) is 2.38. The van der Waals surface area contributed by atoms with E-state index in [1.165, 1.54) is 24.1 Å². The highest BCUT2D eigenvalue weighted by atomic mass is 16.4. The van der Waals surface area contributed by atoms with E-state index in [9.17, 15) is 9.59 Å². The number of nitrogens with zero attached hydrogens (tertiary/aromatic N) is 1. The van der Waals surface area contributed by atoms with Gasteiger partial charge in [0.2, 0.25) is 0 Å². The number of benzene rings is 1. The van der Waals surface area contributed by atoms with Gasteiger partial charge in [0.25, 0.3) is 0 Å². The first-order chi connectivity index (χ1) is 8.95. The molecule has 6 heteroatoms. The van der Waals surface area contributed by atoms with Crippen LogP contribution in [0.25, 0.3) is 0 Å². The van der Waals surface area contributed by atoms with Gasteiger partial charge in [0.15, 0.2) is 0 Å². The maximum Gasteiger partial charge on any atom is 0.326 e. The molecule has 0 fully saturated rings. The van der Waals surface area contributed by atoms with Crippen LogP contribution in [0.5, 0.6) is 5.75 Å². The second-order valence-corrected chi connectivity index (χ2v) is 4.20. The van der Waals surface area contributed by atoms with Gasteiger partial charge in [-0.25, -0.2) is 9.59 Å². The second kappa shape index (κ2) is 6.63. The molecule has 1 atom stereocenters. The van der Waals surface area contributed by atoms with E-state index in [-0.39, 0.29) is 5.75 Å². The minimum atomic E-state index is -1.05. The number of carboxylic acid groups (broad SMARTS) is 1. The van der Waals surface area contributed by atoms with E-state index in [0.29, 0.717) is 18.5 Å². The zero-order valence-electron chi connectivity index (χ0n) is 11.0. The summed E-state index contributed by atoms with van der Waals surface area (Å²) in [5.41, 5.74) is 0.566. The molecular formula is C13H18N2O4. The highest BCUT2D eigenvalue weighted by Gasteiger charge is 2.21. The quantitative estimate of drug-likeness (QED) is 0.758. The van der Waals surface area contributed by atoms with E-state index < -0.39 is 18.0 Å². The number of carbonyl (C=O) groups is 2. The van der Waals surface area contributed by atoms with Crippen LogP contribution < -0.4 is 10.2 Å². The SMILES string of the molecule is CCCC(NC(=O)N(C)c1ccc(O)cc1)C(=O)O. The molecule has 0 bridgehead atoms. The molecule has 104 valence electrons. The number of phenolic OH excluding ortho intramolecular Hbond substituents is 1. The van der Waals surface area contributed by atoms with Gasteiger partial charge in [-0.1, -0.05) is 13.3 Å². The van der Waals surface area contributed by atoms with Gasteiger partial charge in [-0.2, -0.15) is 0 Å². The van der Waals surface area contributed by atoms with E-state index in [1.807, 2.05) is 6.92 Å². The molecule has 0 heterocycles. The van der Waals surface area contributed by atoms with Crippen molar-refractivity contribution in [2.24, 2.45) is 0 Å². The van der Waals surface area contributed by atoms with E-state index in [4.69, 9.17) is 10.2 Å². The Morgan fingerprint density at radius 2 is 1.89 bits per heavy atom. The molecule has 3 N–H and O–H groups in total. The van der Waals surface area contributed by atoms with Crippen molar-refractivity contribution in [2.45, 2.75) is 25.8 Å². The van der Waals surface area contributed by atoms with Gasteiger partial charge in [0.1, 0.15) is 11.8 Å². The molecular weight excluding hydrogens is 248 g/mol. The number of rotatable bonds is 5. The summed E-state index contributed by atoms with van der Waals surface area (Å²) >= 11 is 0. The van der Waals surface area contributed by atoms with Crippen molar-refractivity contribution in [3.63, 3.8) is 0 Å². The van der Waals surface area contributed by atoms with E-state index >= 15 is 0 Å². The lowest BCUT2D eigenvalue weighted by Gasteiger charge is -2.21. The Bertz CT molecular complexity index is 444. The molecule has 0 aliphatic carbocycles. The second-order valence-electron chi connectivity index (χ2n) is 4.20. The number of hydrogen-bond donors (Lipinski definition) is 3. The van der Waals surface area contributed by atoms with Crippen LogP contribution in [0.3, 0.4) is 0 Å². The van der Waals surface area contributed by atoms with Gasteiger partial charge >= 0.3 is 12.0 Å². The van der Waals surface area contributed by atoms with Crippen molar-refractivity contribution < 1.29 is 19.8 Å². The molecule has 2 amide bonds. The molecule has 1 unspecified atom stereocenters. The molecule has 0 spiro atoms. The van der Waals surface area contributed by atoms with Crippen LogP contribution in [0.4, 0.5) is 10.5 Å². The lowest BCUT2D eigenvalue weighted by Crippen LogP contribution is -2.46. The number of carbonyl (C=O) groups excluding carboxylic acids is 1. The van der Waals surface area contributed by atoms with Crippen LogP contribution in [-0.4, -0.2) is 35.3 Å². The Kier molecular flexibility index (Phi) is 5.17. The lowest BCUT2D eigenvalue weighted by molar-refractivity contribution is -0.139. The molecule has 0 aliphatic rings. The number of amides is 2. The predicted octanol–water partition coefficient (Wildman–Crippen LogP) is 1.79. The molecule has 1 rings (SSSR count). The Labute approximate surface area is 111 Å². The van der Waals surface area contributed by atoms with Crippen molar-refractivity contribution in [1.29, 1.82) is 0 Å². The van der Waals surface area contributed by atoms with Gasteiger partial charge < -0.3 is 15.5 Å². The van der Waals surface area contributed by atoms with Gasteiger partial charge in [-0.05, 0) is 30.7 Å². The Morgan fingerprint density at radius 3 is 2.37 bits per heavy atom. The van der Waals surface area contributed by atoms with Crippen molar-refractivity contribution in [3.05, 3.63) is 24.3 Å². The summed E-state index contributed by atoms with van der Waals surface area (Å²) < 4.78 is 0. The fourth-order valence-electron chi connectivity index (χ4n) is 1.59. The summed E-state index contributed by atoms with van der Waals surface area (Å²) in [6.07, 6.45) is 1.05. The zero-order valence-corrected chi connectivity index (χ0v) is 11.0. The third kappa shape index (κ3) is 4.17. The van der Waals surface area contributed by atoms with Crippen LogP contribution in [-0.2, 0) is 4.79 Å². The molecule has 19 heavy (non-hydrogen) atoms. The standard InChI is InChI=1S/C13H18N2O4/c1-3-4-11(12(17)18)14-13(19)15(2)9-5-7-10(16)8-6-9/h5-8,11,16H,3-4H2,1-2H3,(H,14,19)(H,17,18). The number of phenols is 1. The molecule has 0 aliphatic heterocycles. The minimum Gasteiger partial charge on any atom is -0.508 e. The lowest BCUT2D eigenvalue weighted by atomic mass is 10.2. The van der Waals surface area contributed by atoms with E-state index in [1.54, 1.807) is 12.1 Å². The van der Waals surface area contributed by atoms with Gasteiger partial charge in [-0.3, -0.25) is 4.90 Å². The summed E-state index contributed by atoms with van der Waals surface area (Å²) in [6, 6.07) is 4.68. The van der Waals surface area contributed by atoms with Gasteiger partial charge in [0, 0.05) is 12.7 Å². The molecule has 0 aromatic heterocycles. The van der Waals surface area contributed by atoms with Crippen LogP contribution in [0, 0.1) is 0 Å². The van der Waals surface area contributed by atoms with Crippen LogP contribution in [0.15, 0.2) is 24.3 Å². The number of aromatic hydroxyl groups is 1. The Balaban J connectivity index is 2.71. The van der Waals surface area contributed by atoms with Crippen molar-refractivity contribution in [1.82, 2.24) is 5.32 Å². The summed E-state index contributed by atoms with van der Waals surface area (Å²) in [6.45, 7) is 1.85. The van der Waals surface area contributed by atoms with Crippen molar-refractivity contribution in [3.8, 4) is 5.75 Å². The largest absolute Gasteiger partial charge is 0.508 e. The van der Waals surface area contributed by atoms with Crippen LogP contribution >= 0.6 is 0 Å². The highest BCUT2D eigenvalue weighted by Crippen LogP contribution is 2.17. The van der Waals surface area contributed by atoms with Crippen LogP contribution in [0.2, 0.25) is 0 Å². The summed E-state index contributed by atoms with van der Waals surface area (Å²) in [5.74, 6) is -0.943. The first kappa shape index (κ1) is 14.8. The number of anilines is 1. The Hall–Kier alpha value is -2.24. The van der Waals surface area contributed by atoms with Gasteiger partial charge in [-0.15, -0.1) is 0 Å².